The molecule has 0 atom stereocenters. The van der Waals surface area contributed by atoms with E-state index in [1.54, 1.807) is 67.2 Å². The van der Waals surface area contributed by atoms with E-state index in [2.05, 4.69) is 5.32 Å². The number of ether oxygens (including phenoxy) is 4. The molecule has 12 nitrogen and oxygen atoms in total. The van der Waals surface area contributed by atoms with Gasteiger partial charge in [0.2, 0.25) is 0 Å². The van der Waals surface area contributed by atoms with Crippen molar-refractivity contribution < 1.29 is 38.1 Å². The normalized spacial score (nSPS) is 16.2. The summed E-state index contributed by atoms with van der Waals surface area (Å²) in [4.78, 5) is 57.8. The third kappa shape index (κ3) is 26.0. The van der Waals surface area contributed by atoms with Crippen molar-refractivity contribution >= 4 is 24.4 Å². The van der Waals surface area contributed by atoms with Crippen LogP contribution in [0, 0.1) is 5.92 Å². The third-order valence-corrected chi connectivity index (χ3v) is 8.74. The van der Waals surface area contributed by atoms with Crippen molar-refractivity contribution in [2.24, 2.45) is 5.92 Å². The molecule has 0 bridgehead atoms. The highest BCUT2D eigenvalue weighted by Crippen LogP contribution is 2.23. The molecule has 1 aliphatic carbocycles. The van der Waals surface area contributed by atoms with E-state index in [4.69, 9.17) is 18.9 Å². The molecule has 54 heavy (non-hydrogen) atoms. The van der Waals surface area contributed by atoms with E-state index in [9.17, 15) is 19.2 Å². The van der Waals surface area contributed by atoms with Crippen molar-refractivity contribution in [3.63, 3.8) is 0 Å². The van der Waals surface area contributed by atoms with Gasteiger partial charge in [0, 0.05) is 45.8 Å². The third-order valence-electron chi connectivity index (χ3n) is 8.74. The van der Waals surface area contributed by atoms with Gasteiger partial charge in [0.15, 0.2) is 0 Å². The number of carbonyl (C=O) groups excluding carboxylic acids is 4. The molecule has 4 amide bonds. The first-order valence-electron chi connectivity index (χ1n) is 20.8. The van der Waals surface area contributed by atoms with Crippen LogP contribution in [-0.4, -0.2) is 107 Å². The van der Waals surface area contributed by atoms with Crippen molar-refractivity contribution in [3.05, 3.63) is 0 Å². The monoisotopic (exact) mass is 769 g/mol. The standard InChI is InChI=1S/C42H80N4O8/c1-39(2,3)51-35(47)43-27-28-44(36(48)52-40(4,5)6)29-30-45(37(49)53-41(7,8)9)31-32-46(38(50)54-42(10,11)12)33-34-25-23-21-19-17-15-13-14-16-18-20-22-24-26-34/h34H,13-33H2,1-12H3,(H,43,47). The molecule has 12 heteroatoms. The van der Waals surface area contributed by atoms with Crippen LogP contribution in [0.5, 0.6) is 0 Å². The van der Waals surface area contributed by atoms with Crippen LogP contribution in [0.4, 0.5) is 19.2 Å². The minimum Gasteiger partial charge on any atom is -0.444 e. The molecule has 1 N–H and O–H groups in total. The molecule has 0 aliphatic heterocycles. The predicted octanol–water partition coefficient (Wildman–Crippen LogP) is 10.3. The van der Waals surface area contributed by atoms with E-state index < -0.39 is 46.8 Å². The number of alkyl carbamates (subject to hydrolysis) is 1. The molecule has 0 saturated heterocycles. The Kier molecular flexibility index (Phi) is 21.7. The molecule has 0 heterocycles. The predicted molar refractivity (Wildman–Crippen MR) is 216 cm³/mol. The minimum absolute atomic E-state index is 0.110. The van der Waals surface area contributed by atoms with Gasteiger partial charge in [0.1, 0.15) is 22.4 Å². The van der Waals surface area contributed by atoms with Crippen LogP contribution in [0.1, 0.15) is 173 Å². The van der Waals surface area contributed by atoms with Crippen molar-refractivity contribution in [1.82, 2.24) is 20.0 Å². The Morgan fingerprint density at radius 3 is 1.09 bits per heavy atom. The molecule has 1 aliphatic rings. The number of carbonyl (C=O) groups is 4. The first kappa shape index (κ1) is 49.1. The first-order chi connectivity index (χ1) is 24.9. The second-order valence-electron chi connectivity index (χ2n) is 19.0. The highest BCUT2D eigenvalue weighted by molar-refractivity contribution is 5.71. The van der Waals surface area contributed by atoms with Gasteiger partial charge in [0.25, 0.3) is 0 Å². The van der Waals surface area contributed by atoms with E-state index in [1.807, 2.05) is 20.8 Å². The maximum absolute atomic E-state index is 13.7. The number of rotatable bonds is 11. The van der Waals surface area contributed by atoms with E-state index in [-0.39, 0.29) is 39.3 Å². The summed E-state index contributed by atoms with van der Waals surface area (Å²) in [5, 5.41) is 2.70. The lowest BCUT2D eigenvalue weighted by molar-refractivity contribution is 0.00680. The lowest BCUT2D eigenvalue weighted by Gasteiger charge is -2.34. The molecule has 1 saturated carbocycles. The average molecular weight is 769 g/mol. The van der Waals surface area contributed by atoms with Gasteiger partial charge in [-0.3, -0.25) is 0 Å². The molecule has 0 radical (unpaired) electrons. The molecule has 1 fully saturated rings. The molecular weight excluding hydrogens is 688 g/mol. The van der Waals surface area contributed by atoms with E-state index in [1.165, 1.54) is 74.0 Å². The van der Waals surface area contributed by atoms with E-state index >= 15 is 0 Å². The summed E-state index contributed by atoms with van der Waals surface area (Å²) in [6.45, 7) is 23.2. The lowest BCUT2D eigenvalue weighted by atomic mass is 9.93. The van der Waals surface area contributed by atoms with Gasteiger partial charge >= 0.3 is 24.4 Å². The lowest BCUT2D eigenvalue weighted by Crippen LogP contribution is -2.49. The zero-order valence-corrected chi connectivity index (χ0v) is 36.5. The van der Waals surface area contributed by atoms with Crippen LogP contribution >= 0.6 is 0 Å². The summed E-state index contributed by atoms with van der Waals surface area (Å²) in [6.07, 6.45) is 15.1. The van der Waals surface area contributed by atoms with Gasteiger partial charge in [-0.1, -0.05) is 77.0 Å². The number of hydrogen-bond acceptors (Lipinski definition) is 8. The summed E-state index contributed by atoms with van der Waals surface area (Å²) in [5.41, 5.74) is -2.85. The molecule has 316 valence electrons. The Morgan fingerprint density at radius 1 is 0.444 bits per heavy atom. The first-order valence-corrected chi connectivity index (χ1v) is 20.8. The van der Waals surface area contributed by atoms with Gasteiger partial charge in [-0.2, -0.15) is 0 Å². The SMILES string of the molecule is CC(C)(C)OC(=O)NCCN(CCN(CCN(CC1CCCCCCCCCCCCCC1)C(=O)OC(C)(C)C)C(=O)OC(C)(C)C)C(=O)OC(C)(C)C. The Balaban J connectivity index is 3.24. The molecule has 0 aromatic carbocycles. The fourth-order valence-corrected chi connectivity index (χ4v) is 6.19. The summed E-state index contributed by atoms with van der Waals surface area (Å²) in [7, 11) is 0. The average Bonchev–Trinajstić information content (AvgIpc) is 3.00. The second-order valence-corrected chi connectivity index (χ2v) is 19.0. The summed E-state index contributed by atoms with van der Waals surface area (Å²) >= 11 is 0. The molecule has 0 spiro atoms. The van der Waals surface area contributed by atoms with Crippen LogP contribution in [0.15, 0.2) is 0 Å². The van der Waals surface area contributed by atoms with Crippen LogP contribution in [-0.2, 0) is 18.9 Å². The molecular formula is C42H80N4O8. The quantitative estimate of drug-likeness (QED) is 0.206. The van der Waals surface area contributed by atoms with Crippen molar-refractivity contribution in [2.45, 2.75) is 195 Å². The van der Waals surface area contributed by atoms with Gasteiger partial charge < -0.3 is 39.0 Å². The molecule has 0 unspecified atom stereocenters. The molecule has 0 aromatic rings. The van der Waals surface area contributed by atoms with Gasteiger partial charge in [0.05, 0.1) is 0 Å². The van der Waals surface area contributed by atoms with Crippen LogP contribution < -0.4 is 5.32 Å². The number of nitrogens with zero attached hydrogens (tertiary/aromatic N) is 3. The topological polar surface area (TPSA) is 127 Å². The fourth-order valence-electron chi connectivity index (χ4n) is 6.19. The van der Waals surface area contributed by atoms with Crippen molar-refractivity contribution in [3.8, 4) is 0 Å². The van der Waals surface area contributed by atoms with E-state index in [0.717, 1.165) is 25.7 Å². The van der Waals surface area contributed by atoms with Crippen LogP contribution in [0.2, 0.25) is 0 Å². The van der Waals surface area contributed by atoms with E-state index in [0.29, 0.717) is 12.5 Å². The van der Waals surface area contributed by atoms with Crippen molar-refractivity contribution in [2.75, 3.05) is 45.8 Å². The maximum Gasteiger partial charge on any atom is 0.410 e. The smallest absolute Gasteiger partial charge is 0.410 e. The second kappa shape index (κ2) is 23.9. The summed E-state index contributed by atoms with van der Waals surface area (Å²) < 4.78 is 22.7. The Bertz CT molecular complexity index is 1090. The fraction of sp³-hybridized carbons (Fsp3) is 0.905. The summed E-state index contributed by atoms with van der Waals surface area (Å²) in [6, 6.07) is 0. The van der Waals surface area contributed by atoms with Crippen molar-refractivity contribution in [1.29, 1.82) is 0 Å². The number of nitrogens with one attached hydrogen (secondary N) is 1. The Hall–Kier alpha value is -2.92. The largest absolute Gasteiger partial charge is 0.444 e. The summed E-state index contributed by atoms with van der Waals surface area (Å²) in [5.74, 6) is 0.331. The Labute approximate surface area is 329 Å². The zero-order chi connectivity index (χ0) is 41.0. The van der Waals surface area contributed by atoms with Gasteiger partial charge in [-0.25, -0.2) is 19.2 Å². The number of hydrogen-bond donors (Lipinski definition) is 1. The Morgan fingerprint density at radius 2 is 0.741 bits per heavy atom. The van der Waals surface area contributed by atoms with Crippen LogP contribution in [0.25, 0.3) is 0 Å². The molecule has 0 aromatic heterocycles. The van der Waals surface area contributed by atoms with Gasteiger partial charge in [-0.15, -0.1) is 0 Å². The highest BCUT2D eigenvalue weighted by Gasteiger charge is 2.29. The maximum atomic E-state index is 13.7. The minimum atomic E-state index is -0.757. The highest BCUT2D eigenvalue weighted by atomic mass is 16.6. The zero-order valence-electron chi connectivity index (χ0n) is 36.5. The number of amides is 4. The van der Waals surface area contributed by atoms with Crippen LogP contribution in [0.3, 0.4) is 0 Å². The molecule has 1 rings (SSSR count). The van der Waals surface area contributed by atoms with Gasteiger partial charge in [-0.05, 0) is 102 Å².